The number of benzene rings is 1. The summed E-state index contributed by atoms with van der Waals surface area (Å²) in [5, 5.41) is 13.0. The minimum atomic E-state index is -0.843. The van der Waals surface area contributed by atoms with Crippen molar-refractivity contribution in [3.63, 3.8) is 0 Å². The van der Waals surface area contributed by atoms with Crippen molar-refractivity contribution in [2.75, 3.05) is 5.32 Å². The summed E-state index contributed by atoms with van der Waals surface area (Å²) < 4.78 is 0. The van der Waals surface area contributed by atoms with Crippen molar-refractivity contribution in [3.8, 4) is 0 Å². The standard InChI is InChI=1S/C22H25NO3/c1-12(2)13-3-5-14(6-4-13)23-19(24)18-15-7-8-16(15)21(9-10-21)17-11-22(17,18)20(25)26/h3-8,12,15-18H,9-11H2,1-2H3,(H,23,24)(H,25,26). The maximum atomic E-state index is 13.1. The van der Waals surface area contributed by atoms with Crippen LogP contribution >= 0.6 is 0 Å². The number of carboxylic acids is 1. The van der Waals surface area contributed by atoms with Gasteiger partial charge < -0.3 is 10.4 Å². The first-order valence-corrected chi connectivity index (χ1v) is 9.73. The first-order chi connectivity index (χ1) is 12.4. The van der Waals surface area contributed by atoms with Gasteiger partial charge in [0, 0.05) is 5.69 Å². The van der Waals surface area contributed by atoms with Crippen LogP contribution < -0.4 is 5.32 Å². The highest BCUT2D eigenvalue weighted by Gasteiger charge is 2.82. The van der Waals surface area contributed by atoms with E-state index in [-0.39, 0.29) is 23.2 Å². The molecule has 4 aliphatic rings. The number of fused-ring (bicyclic) bond motifs is 4. The Morgan fingerprint density at radius 3 is 2.35 bits per heavy atom. The molecule has 1 aromatic carbocycles. The number of allylic oxidation sites excluding steroid dienone is 2. The highest BCUT2D eigenvalue weighted by atomic mass is 16.4. The summed E-state index contributed by atoms with van der Waals surface area (Å²) in [5.41, 5.74) is 1.32. The summed E-state index contributed by atoms with van der Waals surface area (Å²) in [6.07, 6.45) is 7.23. The summed E-state index contributed by atoms with van der Waals surface area (Å²) in [5.74, 6) is -0.237. The van der Waals surface area contributed by atoms with E-state index in [9.17, 15) is 14.7 Å². The number of carboxylic acid groups (broad SMARTS) is 1. The van der Waals surface area contributed by atoms with Crippen LogP contribution in [-0.4, -0.2) is 17.0 Å². The molecule has 5 rings (SSSR count). The Morgan fingerprint density at radius 1 is 1.15 bits per heavy atom. The molecule has 0 aliphatic heterocycles. The van der Waals surface area contributed by atoms with Gasteiger partial charge in [-0.15, -0.1) is 0 Å². The van der Waals surface area contributed by atoms with Gasteiger partial charge in [-0.05, 0) is 66.0 Å². The van der Waals surface area contributed by atoms with Crippen LogP contribution in [0.1, 0.15) is 44.6 Å². The third-order valence-electron chi connectivity index (χ3n) is 7.61. The highest BCUT2D eigenvalue weighted by molar-refractivity contribution is 5.98. The Morgan fingerprint density at radius 2 is 1.85 bits per heavy atom. The summed E-state index contributed by atoms with van der Waals surface area (Å²) in [6, 6.07) is 7.90. The molecule has 0 aromatic heterocycles. The number of amides is 1. The molecule has 5 unspecified atom stereocenters. The monoisotopic (exact) mass is 351 g/mol. The Balaban J connectivity index is 1.42. The Kier molecular flexibility index (Phi) is 3.09. The quantitative estimate of drug-likeness (QED) is 0.804. The smallest absolute Gasteiger partial charge is 0.310 e. The molecule has 0 saturated heterocycles. The van der Waals surface area contributed by atoms with E-state index in [1.54, 1.807) is 0 Å². The van der Waals surface area contributed by atoms with Crippen LogP contribution in [0.25, 0.3) is 0 Å². The van der Waals surface area contributed by atoms with Crippen LogP contribution in [0.3, 0.4) is 0 Å². The van der Waals surface area contributed by atoms with Gasteiger partial charge in [0.25, 0.3) is 0 Å². The molecule has 4 aliphatic carbocycles. The Hall–Kier alpha value is -2.10. The van der Waals surface area contributed by atoms with Crippen LogP contribution in [0.5, 0.6) is 0 Å². The van der Waals surface area contributed by atoms with Crippen LogP contribution in [0.2, 0.25) is 0 Å². The number of nitrogens with one attached hydrogen (secondary N) is 1. The van der Waals surface area contributed by atoms with Crippen LogP contribution in [0.15, 0.2) is 36.4 Å². The SMILES string of the molecule is CC(C)c1ccc(NC(=O)C2C3C=CC3C3(CC3)C3CC23C(=O)O)cc1. The van der Waals surface area contributed by atoms with Crippen molar-refractivity contribution >= 4 is 17.6 Å². The zero-order chi connectivity index (χ0) is 18.3. The Bertz CT molecular complexity index is 820. The van der Waals surface area contributed by atoms with E-state index >= 15 is 0 Å². The first kappa shape index (κ1) is 16.1. The number of carbonyl (C=O) groups excluding carboxylic acids is 1. The molecule has 136 valence electrons. The molecule has 0 radical (unpaired) electrons. The number of carbonyl (C=O) groups is 2. The van der Waals surface area contributed by atoms with Gasteiger partial charge in [0.2, 0.25) is 5.91 Å². The second-order valence-electron chi connectivity index (χ2n) is 9.07. The molecule has 1 amide bonds. The lowest BCUT2D eigenvalue weighted by Crippen LogP contribution is -2.52. The molecular formula is C22H25NO3. The molecule has 1 aromatic rings. The molecule has 5 atom stereocenters. The van der Waals surface area contributed by atoms with Crippen molar-refractivity contribution < 1.29 is 14.7 Å². The first-order valence-electron chi connectivity index (χ1n) is 9.73. The third kappa shape index (κ3) is 1.90. The predicted octanol–water partition coefficient (Wildman–Crippen LogP) is 4.05. The lowest BCUT2D eigenvalue weighted by Gasteiger charge is -2.48. The minimum Gasteiger partial charge on any atom is -0.481 e. The molecular weight excluding hydrogens is 326 g/mol. The number of hydrogen-bond donors (Lipinski definition) is 2. The second-order valence-corrected chi connectivity index (χ2v) is 9.07. The van der Waals surface area contributed by atoms with Gasteiger partial charge in [0.05, 0.1) is 11.3 Å². The van der Waals surface area contributed by atoms with Crippen molar-refractivity contribution in [1.82, 2.24) is 0 Å². The maximum absolute atomic E-state index is 13.1. The van der Waals surface area contributed by atoms with Crippen molar-refractivity contribution in [1.29, 1.82) is 0 Å². The lowest BCUT2D eigenvalue weighted by molar-refractivity contribution is -0.155. The molecule has 1 spiro atoms. The van der Waals surface area contributed by atoms with Gasteiger partial charge in [0.1, 0.15) is 0 Å². The fraction of sp³-hybridized carbons (Fsp3) is 0.545. The van der Waals surface area contributed by atoms with Crippen molar-refractivity contribution in [3.05, 3.63) is 42.0 Å². The highest BCUT2D eigenvalue weighted by Crippen LogP contribution is 2.82. The maximum Gasteiger partial charge on any atom is 0.310 e. The van der Waals surface area contributed by atoms with Crippen LogP contribution in [0, 0.1) is 34.5 Å². The summed E-state index contributed by atoms with van der Waals surface area (Å²) in [7, 11) is 0. The predicted molar refractivity (Wildman–Crippen MR) is 98.6 cm³/mol. The Labute approximate surface area is 153 Å². The van der Waals surface area contributed by atoms with E-state index in [4.69, 9.17) is 0 Å². The molecule has 3 saturated carbocycles. The summed E-state index contributed by atoms with van der Waals surface area (Å²) in [6.45, 7) is 4.27. The molecule has 26 heavy (non-hydrogen) atoms. The average molecular weight is 351 g/mol. The summed E-state index contributed by atoms with van der Waals surface area (Å²) >= 11 is 0. The minimum absolute atomic E-state index is 0.0855. The number of aliphatic carboxylic acids is 1. The van der Waals surface area contributed by atoms with Gasteiger partial charge in [-0.25, -0.2) is 0 Å². The van der Waals surface area contributed by atoms with E-state index in [2.05, 4.69) is 31.3 Å². The molecule has 3 fully saturated rings. The van der Waals surface area contributed by atoms with Gasteiger partial charge in [-0.1, -0.05) is 38.1 Å². The zero-order valence-electron chi connectivity index (χ0n) is 15.2. The van der Waals surface area contributed by atoms with E-state index < -0.39 is 17.3 Å². The lowest BCUT2D eigenvalue weighted by atomic mass is 9.55. The van der Waals surface area contributed by atoms with Gasteiger partial charge in [0.15, 0.2) is 0 Å². The molecule has 2 N–H and O–H groups in total. The number of anilines is 1. The number of rotatable bonds is 4. The molecule has 4 heteroatoms. The van der Waals surface area contributed by atoms with Gasteiger partial charge >= 0.3 is 5.97 Å². The fourth-order valence-corrected chi connectivity index (χ4v) is 5.93. The van der Waals surface area contributed by atoms with Crippen molar-refractivity contribution in [2.24, 2.45) is 34.5 Å². The van der Waals surface area contributed by atoms with E-state index in [0.29, 0.717) is 18.3 Å². The molecule has 0 heterocycles. The molecule has 4 nitrogen and oxygen atoms in total. The van der Waals surface area contributed by atoms with E-state index in [1.165, 1.54) is 5.56 Å². The fourth-order valence-electron chi connectivity index (χ4n) is 5.93. The van der Waals surface area contributed by atoms with Gasteiger partial charge in [-0.3, -0.25) is 9.59 Å². The normalized spacial score (nSPS) is 37.5. The zero-order valence-corrected chi connectivity index (χ0v) is 15.2. The molecule has 0 bridgehead atoms. The van der Waals surface area contributed by atoms with Crippen molar-refractivity contribution in [2.45, 2.75) is 39.0 Å². The van der Waals surface area contributed by atoms with Crippen LogP contribution in [-0.2, 0) is 9.59 Å². The van der Waals surface area contributed by atoms with Gasteiger partial charge in [-0.2, -0.15) is 0 Å². The van der Waals surface area contributed by atoms with E-state index in [0.717, 1.165) is 18.5 Å². The van der Waals surface area contributed by atoms with E-state index in [1.807, 2.05) is 24.3 Å². The number of hydrogen-bond acceptors (Lipinski definition) is 2. The topological polar surface area (TPSA) is 66.4 Å². The largest absolute Gasteiger partial charge is 0.481 e. The average Bonchev–Trinajstić information content (AvgIpc) is 3.45. The van der Waals surface area contributed by atoms with Crippen LogP contribution in [0.4, 0.5) is 5.69 Å². The summed E-state index contributed by atoms with van der Waals surface area (Å²) in [4.78, 5) is 25.3. The third-order valence-corrected chi connectivity index (χ3v) is 7.61. The second kappa shape index (κ2) is 4.99.